The summed E-state index contributed by atoms with van der Waals surface area (Å²) < 4.78 is 38.2. The second-order valence-corrected chi connectivity index (χ2v) is 10.5. The summed E-state index contributed by atoms with van der Waals surface area (Å²) in [5, 5.41) is 31.6. The van der Waals surface area contributed by atoms with E-state index in [0.717, 1.165) is 11.1 Å². The minimum absolute atomic E-state index is 0.0505. The maximum atomic E-state index is 13.8. The molecule has 0 saturated carbocycles. The van der Waals surface area contributed by atoms with E-state index in [4.69, 9.17) is 9.47 Å². The van der Waals surface area contributed by atoms with Crippen LogP contribution in [0.25, 0.3) is 0 Å². The minimum atomic E-state index is -2.82. The number of amides is 2. The first-order chi connectivity index (χ1) is 18.3. The standard InChI is InChI=1S/C26H35BF2N4O6/c1-18-4-6-19(7-5-18)12-22(27(36)37)31-24(35)39-16-21-15-38-11-10-33(21)23(34)20(14-30)13-25(2,3)32-9-8-26(28,29)17-32/h4-7,13,21-22,36-37H,8-12,15-17H2,1-3H3,(H,31,35)/t21-,22+/m1/s1. The Morgan fingerprint density at radius 1 is 1.33 bits per heavy atom. The summed E-state index contributed by atoms with van der Waals surface area (Å²) in [6.45, 7) is 5.08. The van der Waals surface area contributed by atoms with Crippen molar-refractivity contribution in [3.05, 3.63) is 47.0 Å². The van der Waals surface area contributed by atoms with Crippen LogP contribution in [0, 0.1) is 18.3 Å². The molecule has 0 spiro atoms. The van der Waals surface area contributed by atoms with E-state index in [1.54, 1.807) is 13.8 Å². The average Bonchev–Trinajstić information content (AvgIpc) is 3.27. The van der Waals surface area contributed by atoms with E-state index >= 15 is 0 Å². The number of ether oxygens (including phenoxy) is 2. The molecule has 0 aliphatic carbocycles. The monoisotopic (exact) mass is 548 g/mol. The number of likely N-dealkylation sites (tertiary alicyclic amines) is 1. The number of carbonyl (C=O) groups excluding carboxylic acids is 2. The van der Waals surface area contributed by atoms with E-state index < -0.39 is 49.1 Å². The molecule has 1 aromatic rings. The highest BCUT2D eigenvalue weighted by atomic mass is 19.3. The molecule has 13 heteroatoms. The molecule has 10 nitrogen and oxygen atoms in total. The first-order valence-electron chi connectivity index (χ1n) is 12.8. The van der Waals surface area contributed by atoms with Gasteiger partial charge < -0.3 is 29.7 Å². The molecule has 2 aliphatic rings. The van der Waals surface area contributed by atoms with Crippen LogP contribution >= 0.6 is 0 Å². The highest BCUT2D eigenvalue weighted by Crippen LogP contribution is 2.33. The SMILES string of the molecule is Cc1ccc(C[C@H](NC(=O)OC[C@H]2COCCN2C(=O)C(C#N)=CC(C)(C)N2CCC(F)(F)C2)B(O)O)cc1. The fraction of sp³-hybridized carbons (Fsp3) is 0.577. The first kappa shape index (κ1) is 30.5. The molecule has 0 radical (unpaired) electrons. The Bertz CT molecular complexity index is 1090. The number of nitrogens with one attached hydrogen (secondary N) is 1. The van der Waals surface area contributed by atoms with Crippen molar-refractivity contribution in [2.75, 3.05) is 39.5 Å². The number of alkyl carbamates (subject to hydrolysis) is 1. The van der Waals surface area contributed by atoms with E-state index in [-0.39, 0.29) is 51.3 Å². The zero-order valence-electron chi connectivity index (χ0n) is 22.4. The molecule has 1 aromatic carbocycles. The molecule has 0 bridgehead atoms. The Balaban J connectivity index is 1.62. The van der Waals surface area contributed by atoms with E-state index in [0.29, 0.717) is 0 Å². The van der Waals surface area contributed by atoms with Crippen molar-refractivity contribution < 1.29 is 37.9 Å². The van der Waals surface area contributed by atoms with Crippen LogP contribution in [0.3, 0.4) is 0 Å². The van der Waals surface area contributed by atoms with Gasteiger partial charge in [0.15, 0.2) is 0 Å². The number of benzene rings is 1. The Hall–Kier alpha value is -3.05. The number of rotatable bonds is 9. The fourth-order valence-electron chi connectivity index (χ4n) is 4.60. The lowest BCUT2D eigenvalue weighted by atomic mass is 9.76. The second-order valence-electron chi connectivity index (χ2n) is 10.5. The lowest BCUT2D eigenvalue weighted by Gasteiger charge is -2.36. The number of nitriles is 1. The van der Waals surface area contributed by atoms with Gasteiger partial charge in [-0.15, -0.1) is 0 Å². The Morgan fingerprint density at radius 3 is 2.62 bits per heavy atom. The van der Waals surface area contributed by atoms with Gasteiger partial charge in [-0.3, -0.25) is 9.69 Å². The lowest BCUT2D eigenvalue weighted by Crippen LogP contribution is -2.53. The normalized spacial score (nSPS) is 20.7. The number of aryl methyl sites for hydroxylation is 1. The third-order valence-corrected chi connectivity index (χ3v) is 6.97. The van der Waals surface area contributed by atoms with Crippen molar-refractivity contribution in [1.82, 2.24) is 15.1 Å². The van der Waals surface area contributed by atoms with Crippen LogP contribution < -0.4 is 5.32 Å². The van der Waals surface area contributed by atoms with Crippen LogP contribution in [0.15, 0.2) is 35.9 Å². The van der Waals surface area contributed by atoms with Gasteiger partial charge in [-0.2, -0.15) is 5.26 Å². The number of hydrogen-bond acceptors (Lipinski definition) is 8. The summed E-state index contributed by atoms with van der Waals surface area (Å²) in [4.78, 5) is 28.7. The summed E-state index contributed by atoms with van der Waals surface area (Å²) in [6, 6.07) is 8.56. The largest absolute Gasteiger partial charge is 0.475 e. The van der Waals surface area contributed by atoms with Gasteiger partial charge in [0.05, 0.1) is 31.7 Å². The Kier molecular flexibility index (Phi) is 10.1. The van der Waals surface area contributed by atoms with Crippen LogP contribution in [0.4, 0.5) is 13.6 Å². The van der Waals surface area contributed by atoms with Gasteiger partial charge in [-0.1, -0.05) is 29.8 Å². The molecular formula is C26H35BF2N4O6. The molecule has 39 heavy (non-hydrogen) atoms. The molecule has 0 unspecified atom stereocenters. The number of alkyl halides is 2. The molecule has 212 valence electrons. The zero-order chi connectivity index (χ0) is 28.8. The number of carbonyl (C=O) groups is 2. The van der Waals surface area contributed by atoms with Crippen molar-refractivity contribution in [2.24, 2.45) is 0 Å². The maximum Gasteiger partial charge on any atom is 0.475 e. The van der Waals surface area contributed by atoms with Crippen LogP contribution in [0.1, 0.15) is 31.4 Å². The fourth-order valence-corrected chi connectivity index (χ4v) is 4.60. The van der Waals surface area contributed by atoms with Crippen LogP contribution in [0.2, 0.25) is 0 Å². The number of hydrogen-bond donors (Lipinski definition) is 3. The molecule has 3 N–H and O–H groups in total. The Labute approximate surface area is 227 Å². The second kappa shape index (κ2) is 12.9. The summed E-state index contributed by atoms with van der Waals surface area (Å²) in [6.07, 6.45) is 0.351. The zero-order valence-corrected chi connectivity index (χ0v) is 22.4. The van der Waals surface area contributed by atoms with Crippen molar-refractivity contribution in [3.8, 4) is 6.07 Å². The molecule has 0 aromatic heterocycles. The smallest absolute Gasteiger partial charge is 0.447 e. The van der Waals surface area contributed by atoms with Crippen molar-refractivity contribution in [3.63, 3.8) is 0 Å². The highest BCUT2D eigenvalue weighted by Gasteiger charge is 2.43. The topological polar surface area (TPSA) is 135 Å². The quantitative estimate of drug-likeness (QED) is 0.240. The molecule has 2 atom stereocenters. The van der Waals surface area contributed by atoms with Crippen LogP contribution in [-0.2, 0) is 20.7 Å². The molecule has 2 saturated heterocycles. The predicted molar refractivity (Wildman–Crippen MR) is 139 cm³/mol. The summed E-state index contributed by atoms with van der Waals surface area (Å²) in [5.41, 5.74) is 0.661. The van der Waals surface area contributed by atoms with E-state index in [1.165, 1.54) is 15.9 Å². The molecular weight excluding hydrogens is 513 g/mol. The molecule has 2 fully saturated rings. The number of nitrogens with zero attached hydrogens (tertiary/aromatic N) is 3. The van der Waals surface area contributed by atoms with Crippen LogP contribution in [-0.4, -0.2) is 102 Å². The first-order valence-corrected chi connectivity index (χ1v) is 12.8. The van der Waals surface area contributed by atoms with Gasteiger partial charge in [0.25, 0.3) is 11.8 Å². The molecule has 2 aliphatic heterocycles. The van der Waals surface area contributed by atoms with E-state index in [1.807, 2.05) is 37.3 Å². The van der Waals surface area contributed by atoms with Gasteiger partial charge in [0.1, 0.15) is 18.2 Å². The summed E-state index contributed by atoms with van der Waals surface area (Å²) >= 11 is 0. The third-order valence-electron chi connectivity index (χ3n) is 6.97. The predicted octanol–water partition coefficient (Wildman–Crippen LogP) is 1.44. The van der Waals surface area contributed by atoms with Gasteiger partial charge in [0, 0.05) is 25.0 Å². The Morgan fingerprint density at radius 2 is 2.03 bits per heavy atom. The van der Waals surface area contributed by atoms with Crippen molar-refractivity contribution in [1.29, 1.82) is 5.26 Å². The van der Waals surface area contributed by atoms with Crippen molar-refractivity contribution in [2.45, 2.75) is 57.1 Å². The van der Waals surface area contributed by atoms with Crippen LogP contribution in [0.5, 0.6) is 0 Å². The number of morpholine rings is 1. The minimum Gasteiger partial charge on any atom is -0.447 e. The molecule has 2 amide bonds. The van der Waals surface area contributed by atoms with E-state index in [9.17, 15) is 33.7 Å². The lowest BCUT2D eigenvalue weighted by molar-refractivity contribution is -0.137. The molecule has 2 heterocycles. The highest BCUT2D eigenvalue weighted by molar-refractivity contribution is 6.43. The van der Waals surface area contributed by atoms with Gasteiger partial charge in [-0.05, 0) is 38.8 Å². The summed E-state index contributed by atoms with van der Waals surface area (Å²) in [7, 11) is -1.84. The average molecular weight is 548 g/mol. The number of halogens is 2. The van der Waals surface area contributed by atoms with Gasteiger partial charge in [-0.25, -0.2) is 13.6 Å². The van der Waals surface area contributed by atoms with E-state index in [2.05, 4.69) is 5.32 Å². The van der Waals surface area contributed by atoms with Gasteiger partial charge >= 0.3 is 13.2 Å². The third kappa shape index (κ3) is 8.47. The summed E-state index contributed by atoms with van der Waals surface area (Å²) in [5.74, 6) is -4.47. The van der Waals surface area contributed by atoms with Gasteiger partial charge in [0.2, 0.25) is 0 Å². The van der Waals surface area contributed by atoms with Crippen molar-refractivity contribution >= 4 is 19.1 Å². The maximum absolute atomic E-state index is 13.8. The molecule has 3 rings (SSSR count).